The molecule has 6 nitrogen and oxygen atoms in total. The maximum Gasteiger partial charge on any atom is 0.319 e. The number of methoxy groups -OCH3 is 1. The Morgan fingerprint density at radius 2 is 2.00 bits per heavy atom. The van der Waals surface area contributed by atoms with E-state index in [0.717, 1.165) is 34.8 Å². The molecule has 2 aromatic carbocycles. The van der Waals surface area contributed by atoms with Gasteiger partial charge in [-0.1, -0.05) is 12.1 Å². The molecule has 7 heteroatoms. The number of H-pyrrole nitrogens is 1. The summed E-state index contributed by atoms with van der Waals surface area (Å²) in [7, 11) is 1.61. The number of nitrogens with one attached hydrogen (secondary N) is 3. The molecule has 0 aliphatic carbocycles. The number of amides is 2. The van der Waals surface area contributed by atoms with Crippen LogP contribution in [0.2, 0.25) is 0 Å². The summed E-state index contributed by atoms with van der Waals surface area (Å²) in [4.78, 5) is 20.4. The number of carbonyl (C=O) groups excluding carboxylic acids is 1. The summed E-state index contributed by atoms with van der Waals surface area (Å²) in [6.07, 6.45) is 2.84. The number of urea groups is 1. The van der Waals surface area contributed by atoms with Crippen LogP contribution in [-0.4, -0.2) is 35.1 Å². The summed E-state index contributed by atoms with van der Waals surface area (Å²) in [5, 5.41) is 5.87. The predicted molar refractivity (Wildman–Crippen MR) is 107 cm³/mol. The first-order valence-electron chi connectivity index (χ1n) is 8.34. The van der Waals surface area contributed by atoms with Crippen LogP contribution in [0.3, 0.4) is 0 Å². The number of carbonyl (C=O) groups is 1. The van der Waals surface area contributed by atoms with Crippen LogP contribution in [0.25, 0.3) is 11.0 Å². The van der Waals surface area contributed by atoms with E-state index in [-0.39, 0.29) is 12.1 Å². The molecule has 0 fully saturated rings. The van der Waals surface area contributed by atoms with Crippen molar-refractivity contribution in [2.24, 2.45) is 0 Å². The van der Waals surface area contributed by atoms with Gasteiger partial charge in [0.1, 0.15) is 11.6 Å². The first-order valence-corrected chi connectivity index (χ1v) is 9.74. The molecule has 1 heterocycles. The number of fused-ring (bicyclic) bond motifs is 1. The Bertz CT molecular complexity index is 830. The molecular weight excluding hydrogens is 348 g/mol. The highest BCUT2D eigenvalue weighted by molar-refractivity contribution is 7.98. The van der Waals surface area contributed by atoms with Crippen molar-refractivity contribution >= 4 is 34.5 Å². The number of hydrogen-bond acceptors (Lipinski definition) is 4. The van der Waals surface area contributed by atoms with Crippen molar-refractivity contribution in [1.29, 1.82) is 0 Å². The van der Waals surface area contributed by atoms with E-state index in [2.05, 4.69) is 20.6 Å². The third-order valence-corrected chi connectivity index (χ3v) is 4.65. The van der Waals surface area contributed by atoms with E-state index in [1.807, 2.05) is 30.5 Å². The molecule has 0 aliphatic heterocycles. The number of nitrogens with zero attached hydrogens (tertiary/aromatic N) is 1. The summed E-state index contributed by atoms with van der Waals surface area (Å²) in [5.41, 5.74) is 2.57. The fourth-order valence-electron chi connectivity index (χ4n) is 2.65. The van der Waals surface area contributed by atoms with Crippen molar-refractivity contribution in [2.75, 3.05) is 24.4 Å². The van der Waals surface area contributed by atoms with E-state index in [4.69, 9.17) is 4.74 Å². The smallest absolute Gasteiger partial charge is 0.319 e. The molecule has 3 N–H and O–H groups in total. The van der Waals surface area contributed by atoms with Gasteiger partial charge in [0.05, 0.1) is 24.2 Å². The molecule has 0 spiro atoms. The van der Waals surface area contributed by atoms with Gasteiger partial charge in [-0.05, 0) is 54.8 Å². The van der Waals surface area contributed by atoms with Gasteiger partial charge >= 0.3 is 6.03 Å². The summed E-state index contributed by atoms with van der Waals surface area (Å²) < 4.78 is 5.13. The molecule has 0 unspecified atom stereocenters. The van der Waals surface area contributed by atoms with Crippen molar-refractivity contribution in [3.63, 3.8) is 0 Å². The fraction of sp³-hybridized carbons (Fsp3) is 0.263. The monoisotopic (exact) mass is 370 g/mol. The second-order valence-electron chi connectivity index (χ2n) is 5.80. The number of benzene rings is 2. The number of anilines is 1. The molecule has 1 aromatic heterocycles. The molecule has 0 saturated carbocycles. The topological polar surface area (TPSA) is 79.0 Å². The lowest BCUT2D eigenvalue weighted by molar-refractivity contribution is 0.248. The Kier molecular flexibility index (Phi) is 6.01. The Labute approximate surface area is 156 Å². The molecule has 3 aromatic rings. The van der Waals surface area contributed by atoms with Gasteiger partial charge in [-0.25, -0.2) is 9.78 Å². The van der Waals surface area contributed by atoms with E-state index in [1.54, 1.807) is 43.1 Å². The lowest BCUT2D eigenvalue weighted by Crippen LogP contribution is -2.33. The average molecular weight is 370 g/mol. The van der Waals surface area contributed by atoms with Crippen molar-refractivity contribution in [3.05, 3.63) is 54.4 Å². The summed E-state index contributed by atoms with van der Waals surface area (Å²) >= 11 is 1.74. The van der Waals surface area contributed by atoms with Gasteiger partial charge in [-0.3, -0.25) is 0 Å². The minimum absolute atomic E-state index is 0.187. The zero-order valence-corrected chi connectivity index (χ0v) is 15.6. The van der Waals surface area contributed by atoms with E-state index in [0.29, 0.717) is 5.69 Å². The normalized spacial score (nSPS) is 11.9. The van der Waals surface area contributed by atoms with Gasteiger partial charge in [0.15, 0.2) is 0 Å². The second-order valence-corrected chi connectivity index (χ2v) is 6.79. The number of ether oxygens (including phenoxy) is 1. The minimum atomic E-state index is -0.262. The maximum atomic E-state index is 12.4. The maximum absolute atomic E-state index is 12.4. The van der Waals surface area contributed by atoms with Crippen LogP contribution in [0.4, 0.5) is 10.5 Å². The van der Waals surface area contributed by atoms with Crippen LogP contribution in [0, 0.1) is 0 Å². The highest BCUT2D eigenvalue weighted by Crippen LogP contribution is 2.20. The molecule has 1 atom stereocenters. The largest absolute Gasteiger partial charge is 0.497 e. The van der Waals surface area contributed by atoms with E-state index < -0.39 is 0 Å². The van der Waals surface area contributed by atoms with E-state index in [9.17, 15) is 4.79 Å². The third kappa shape index (κ3) is 4.49. The average Bonchev–Trinajstić information content (AvgIpc) is 3.09. The van der Waals surface area contributed by atoms with Crippen LogP contribution in [-0.2, 0) is 0 Å². The summed E-state index contributed by atoms with van der Waals surface area (Å²) in [5.74, 6) is 2.44. The second kappa shape index (κ2) is 8.62. The van der Waals surface area contributed by atoms with Crippen molar-refractivity contribution in [3.8, 4) is 5.75 Å². The molecule has 3 rings (SSSR count). The van der Waals surface area contributed by atoms with Gasteiger partial charge in [0, 0.05) is 5.69 Å². The van der Waals surface area contributed by atoms with Crippen molar-refractivity contribution in [1.82, 2.24) is 15.3 Å². The third-order valence-electron chi connectivity index (χ3n) is 4.00. The molecule has 136 valence electrons. The number of imidazole rings is 1. The summed E-state index contributed by atoms with van der Waals surface area (Å²) in [6.45, 7) is 0. The van der Waals surface area contributed by atoms with Gasteiger partial charge in [0.25, 0.3) is 0 Å². The Morgan fingerprint density at radius 1 is 1.23 bits per heavy atom. The highest BCUT2D eigenvalue weighted by Gasteiger charge is 2.18. The van der Waals surface area contributed by atoms with Crippen molar-refractivity contribution in [2.45, 2.75) is 12.5 Å². The SMILES string of the molecule is COc1ccc(NC(=O)N[C@@H](CCSC)c2nc3ccccc3[nH]2)cc1. The number of aromatic nitrogens is 2. The van der Waals surface area contributed by atoms with Crippen LogP contribution >= 0.6 is 11.8 Å². The molecule has 0 radical (unpaired) electrons. The Morgan fingerprint density at radius 3 is 2.69 bits per heavy atom. The molecule has 0 saturated heterocycles. The number of hydrogen-bond donors (Lipinski definition) is 3. The first-order chi connectivity index (χ1) is 12.7. The zero-order chi connectivity index (χ0) is 18.4. The van der Waals surface area contributed by atoms with Gasteiger partial charge in [-0.15, -0.1) is 0 Å². The van der Waals surface area contributed by atoms with Crippen LogP contribution in [0.1, 0.15) is 18.3 Å². The molecule has 26 heavy (non-hydrogen) atoms. The lowest BCUT2D eigenvalue weighted by Gasteiger charge is -2.17. The van der Waals surface area contributed by atoms with Crippen LogP contribution < -0.4 is 15.4 Å². The Hall–Kier alpha value is -2.67. The van der Waals surface area contributed by atoms with Crippen LogP contribution in [0.5, 0.6) is 5.75 Å². The molecular formula is C19H22N4O2S. The zero-order valence-electron chi connectivity index (χ0n) is 14.8. The molecule has 0 aliphatic rings. The van der Waals surface area contributed by atoms with Gasteiger partial charge in [-0.2, -0.15) is 11.8 Å². The quantitative estimate of drug-likeness (QED) is 0.583. The number of para-hydroxylation sites is 2. The standard InChI is InChI=1S/C19H22N4O2S/c1-25-14-9-7-13(8-10-14)20-19(24)23-17(11-12-26-2)18-21-15-5-3-4-6-16(15)22-18/h3-10,17H,11-12H2,1-2H3,(H,21,22)(H2,20,23,24)/t17-/m0/s1. The van der Waals surface area contributed by atoms with Crippen LogP contribution in [0.15, 0.2) is 48.5 Å². The van der Waals surface area contributed by atoms with Gasteiger partial charge in [0.2, 0.25) is 0 Å². The number of aromatic amines is 1. The van der Waals surface area contributed by atoms with Crippen molar-refractivity contribution < 1.29 is 9.53 Å². The number of rotatable bonds is 7. The Balaban J connectivity index is 1.71. The predicted octanol–water partition coefficient (Wildman–Crippen LogP) is 4.19. The fourth-order valence-corrected chi connectivity index (χ4v) is 3.12. The lowest BCUT2D eigenvalue weighted by atomic mass is 10.2. The van der Waals surface area contributed by atoms with E-state index in [1.165, 1.54) is 0 Å². The molecule has 2 amide bonds. The van der Waals surface area contributed by atoms with E-state index >= 15 is 0 Å². The summed E-state index contributed by atoms with van der Waals surface area (Å²) in [6, 6.07) is 14.6. The van der Waals surface area contributed by atoms with Gasteiger partial charge < -0.3 is 20.4 Å². The molecule has 0 bridgehead atoms. The number of thioether (sulfide) groups is 1. The first kappa shape index (κ1) is 18.1. The highest BCUT2D eigenvalue weighted by atomic mass is 32.2. The minimum Gasteiger partial charge on any atom is -0.497 e.